The topological polar surface area (TPSA) is 82.2 Å². The predicted molar refractivity (Wildman–Crippen MR) is 82.1 cm³/mol. The van der Waals surface area contributed by atoms with Crippen LogP contribution in [0.2, 0.25) is 0 Å². The van der Waals surface area contributed by atoms with Gasteiger partial charge in [0, 0.05) is 19.6 Å². The lowest BCUT2D eigenvalue weighted by Crippen LogP contribution is -2.58. The molecule has 0 aromatic heterocycles. The summed E-state index contributed by atoms with van der Waals surface area (Å²) in [7, 11) is 4.17. The van der Waals surface area contributed by atoms with Gasteiger partial charge in [0.2, 0.25) is 5.91 Å². The van der Waals surface area contributed by atoms with E-state index in [2.05, 4.69) is 31.1 Å². The van der Waals surface area contributed by atoms with E-state index in [0.717, 1.165) is 32.5 Å². The van der Waals surface area contributed by atoms with Crippen molar-refractivity contribution in [1.29, 1.82) is 0 Å². The fourth-order valence-electron chi connectivity index (χ4n) is 3.86. The molecule has 0 aromatic carbocycles. The average molecular weight is 296 g/mol. The first-order chi connectivity index (χ1) is 9.89. The van der Waals surface area contributed by atoms with Crippen LogP contribution >= 0.6 is 0 Å². The maximum atomic E-state index is 12.8. The first-order valence-corrected chi connectivity index (χ1v) is 7.81. The van der Waals surface area contributed by atoms with E-state index in [1.54, 1.807) is 0 Å². The van der Waals surface area contributed by atoms with Gasteiger partial charge in [0.1, 0.15) is 5.41 Å². The van der Waals surface area contributed by atoms with Gasteiger partial charge in [0.25, 0.3) is 0 Å². The molecule has 0 spiro atoms. The highest BCUT2D eigenvalue weighted by molar-refractivity contribution is 6.07. The Morgan fingerprint density at radius 2 is 1.95 bits per heavy atom. The quantitative estimate of drug-likeness (QED) is 0.350. The van der Waals surface area contributed by atoms with Gasteiger partial charge in [-0.25, -0.2) is 0 Å². The highest BCUT2D eigenvalue weighted by Crippen LogP contribution is 2.47. The lowest BCUT2D eigenvalue weighted by Gasteiger charge is -2.47. The third-order valence-corrected chi connectivity index (χ3v) is 4.93. The molecule has 1 saturated heterocycles. The van der Waals surface area contributed by atoms with Gasteiger partial charge in [-0.3, -0.25) is 4.79 Å². The molecule has 120 valence electrons. The molecule has 0 unspecified atom stereocenters. The van der Waals surface area contributed by atoms with Crippen LogP contribution in [0.4, 0.5) is 0 Å². The van der Waals surface area contributed by atoms with E-state index in [1.807, 2.05) is 4.90 Å². The number of amidine groups is 1. The van der Waals surface area contributed by atoms with Crippen molar-refractivity contribution in [3.63, 3.8) is 0 Å². The Morgan fingerprint density at radius 3 is 2.38 bits per heavy atom. The molecular formula is C15H28N4O2. The number of rotatable bonds is 4. The number of likely N-dealkylation sites (tertiary alicyclic amines) is 1. The van der Waals surface area contributed by atoms with Crippen molar-refractivity contribution in [2.45, 2.75) is 32.6 Å². The maximum Gasteiger partial charge on any atom is 0.236 e. The van der Waals surface area contributed by atoms with E-state index in [9.17, 15) is 4.79 Å². The summed E-state index contributed by atoms with van der Waals surface area (Å²) < 4.78 is 0. The maximum absolute atomic E-state index is 12.8. The Morgan fingerprint density at radius 1 is 1.38 bits per heavy atom. The molecule has 1 heterocycles. The summed E-state index contributed by atoms with van der Waals surface area (Å²) in [5.74, 6) is 1.25. The predicted octanol–water partition coefficient (Wildman–Crippen LogP) is 0.949. The van der Waals surface area contributed by atoms with E-state index in [1.165, 1.54) is 0 Å². The smallest absolute Gasteiger partial charge is 0.236 e. The molecular weight excluding hydrogens is 268 g/mol. The Kier molecular flexibility index (Phi) is 4.76. The summed E-state index contributed by atoms with van der Waals surface area (Å²) in [6, 6.07) is 0. The van der Waals surface area contributed by atoms with Crippen molar-refractivity contribution in [2.24, 2.45) is 28.1 Å². The van der Waals surface area contributed by atoms with Gasteiger partial charge in [0.05, 0.1) is 0 Å². The van der Waals surface area contributed by atoms with Crippen molar-refractivity contribution in [1.82, 2.24) is 9.80 Å². The Balaban J connectivity index is 1.98. The molecule has 2 aliphatic rings. The minimum Gasteiger partial charge on any atom is -0.409 e. The Bertz CT molecular complexity index is 408. The number of oxime groups is 1. The number of hydrogen-bond acceptors (Lipinski definition) is 4. The van der Waals surface area contributed by atoms with Crippen LogP contribution < -0.4 is 5.73 Å². The van der Waals surface area contributed by atoms with Crippen molar-refractivity contribution >= 4 is 11.7 Å². The van der Waals surface area contributed by atoms with Crippen molar-refractivity contribution in [2.75, 3.05) is 33.7 Å². The molecule has 1 amide bonds. The monoisotopic (exact) mass is 296 g/mol. The van der Waals surface area contributed by atoms with Crippen LogP contribution in [0.3, 0.4) is 0 Å². The van der Waals surface area contributed by atoms with Crippen molar-refractivity contribution < 1.29 is 10.0 Å². The van der Waals surface area contributed by atoms with Crippen LogP contribution in [0.25, 0.3) is 0 Å². The number of nitrogens with zero attached hydrogens (tertiary/aromatic N) is 3. The summed E-state index contributed by atoms with van der Waals surface area (Å²) in [5, 5.41) is 12.1. The second-order valence-electron chi connectivity index (χ2n) is 7.08. The zero-order chi connectivity index (χ0) is 15.6. The number of nitrogens with two attached hydrogens (primary N) is 1. The lowest BCUT2D eigenvalue weighted by molar-refractivity contribution is -0.146. The van der Waals surface area contributed by atoms with Crippen molar-refractivity contribution in [3.05, 3.63) is 0 Å². The molecule has 21 heavy (non-hydrogen) atoms. The van der Waals surface area contributed by atoms with E-state index >= 15 is 0 Å². The second-order valence-corrected chi connectivity index (χ2v) is 7.08. The van der Waals surface area contributed by atoms with Gasteiger partial charge in [0.15, 0.2) is 5.84 Å². The molecule has 2 fully saturated rings. The third-order valence-electron chi connectivity index (χ3n) is 4.93. The normalized spacial score (nSPS) is 31.3. The highest BCUT2D eigenvalue weighted by atomic mass is 16.4. The van der Waals surface area contributed by atoms with Crippen LogP contribution in [0.5, 0.6) is 0 Å². The minimum atomic E-state index is -0.747. The zero-order valence-corrected chi connectivity index (χ0v) is 13.4. The van der Waals surface area contributed by atoms with Crippen LogP contribution in [-0.2, 0) is 4.79 Å². The number of carbonyl (C=O) groups is 1. The molecule has 1 saturated carbocycles. The second kappa shape index (κ2) is 6.22. The van der Waals surface area contributed by atoms with Gasteiger partial charge in [-0.1, -0.05) is 12.1 Å². The van der Waals surface area contributed by atoms with Gasteiger partial charge in [-0.2, -0.15) is 0 Å². The lowest BCUT2D eigenvalue weighted by atomic mass is 9.61. The molecule has 0 bridgehead atoms. The Hall–Kier alpha value is -1.30. The third kappa shape index (κ3) is 3.15. The Labute approximate surface area is 127 Å². The summed E-state index contributed by atoms with van der Waals surface area (Å²) in [6.45, 7) is 4.74. The molecule has 3 N–H and O–H groups in total. The minimum absolute atomic E-state index is 0.0548. The summed E-state index contributed by atoms with van der Waals surface area (Å²) >= 11 is 0. The molecule has 6 heteroatoms. The molecule has 0 atom stereocenters. The van der Waals surface area contributed by atoms with Crippen LogP contribution in [0.15, 0.2) is 5.16 Å². The number of carbonyl (C=O) groups excluding carboxylic acids is 1. The van der Waals surface area contributed by atoms with E-state index < -0.39 is 5.41 Å². The largest absolute Gasteiger partial charge is 0.409 e. The molecule has 6 nitrogen and oxygen atoms in total. The highest BCUT2D eigenvalue weighted by Gasteiger charge is 2.53. The number of piperidine rings is 1. The average Bonchev–Trinajstić information content (AvgIpc) is 2.42. The molecule has 2 rings (SSSR count). The first kappa shape index (κ1) is 16.1. The molecule has 1 aliphatic heterocycles. The fraction of sp³-hybridized carbons (Fsp3) is 0.867. The molecule has 0 radical (unpaired) electrons. The first-order valence-electron chi connectivity index (χ1n) is 7.81. The van der Waals surface area contributed by atoms with Gasteiger partial charge < -0.3 is 20.7 Å². The van der Waals surface area contributed by atoms with Crippen molar-refractivity contribution in [3.8, 4) is 0 Å². The van der Waals surface area contributed by atoms with E-state index in [4.69, 9.17) is 10.9 Å². The van der Waals surface area contributed by atoms with Gasteiger partial charge in [-0.05, 0) is 51.6 Å². The van der Waals surface area contributed by atoms with Crippen LogP contribution in [0, 0.1) is 17.3 Å². The molecule has 1 aliphatic carbocycles. The van der Waals surface area contributed by atoms with Crippen LogP contribution in [0.1, 0.15) is 32.6 Å². The van der Waals surface area contributed by atoms with E-state index in [0.29, 0.717) is 24.7 Å². The summed E-state index contributed by atoms with van der Waals surface area (Å²) in [4.78, 5) is 16.9. The van der Waals surface area contributed by atoms with Gasteiger partial charge >= 0.3 is 0 Å². The van der Waals surface area contributed by atoms with E-state index in [-0.39, 0.29) is 11.7 Å². The van der Waals surface area contributed by atoms with Gasteiger partial charge in [-0.15, -0.1) is 0 Å². The molecule has 0 aromatic rings. The SMILES string of the molecule is CC1CC(C(=O)N2CCC(CN(C)C)CC2)(C(N)=NO)C1. The number of hydrogen-bond donors (Lipinski definition) is 2. The number of amides is 1. The summed E-state index contributed by atoms with van der Waals surface area (Å²) in [6.07, 6.45) is 3.45. The standard InChI is InChI=1S/C15H28N4O2/c1-11-8-15(9-11,13(16)17-21)14(20)19-6-4-12(5-7-19)10-18(2)3/h11-12,21H,4-10H2,1-3H3,(H2,16,17). The van der Waals surface area contributed by atoms with Crippen LogP contribution in [-0.4, -0.2) is 60.5 Å². The fourth-order valence-corrected chi connectivity index (χ4v) is 3.86. The summed E-state index contributed by atoms with van der Waals surface area (Å²) in [5.41, 5.74) is 5.07. The zero-order valence-electron chi connectivity index (χ0n) is 13.4.